The molecule has 2 aliphatic rings. The van der Waals surface area contributed by atoms with E-state index >= 15 is 0 Å². The highest BCUT2D eigenvalue weighted by Gasteiger charge is 2.38. The monoisotopic (exact) mass is 323 g/mol. The highest BCUT2D eigenvalue weighted by molar-refractivity contribution is 6.30. The zero-order chi connectivity index (χ0) is 16.1. The van der Waals surface area contributed by atoms with Gasteiger partial charge in [-0.15, -0.1) is 0 Å². The Labute approximate surface area is 143 Å². The second-order valence-corrected chi connectivity index (χ2v) is 7.46. The third-order valence-electron chi connectivity index (χ3n) is 5.37. The van der Waals surface area contributed by atoms with Gasteiger partial charge in [-0.05, 0) is 73.6 Å². The SMILES string of the molecule is Cc1cc(C)c(C2Nc3ccc(Cl)cc3C3C=CCC32)c(C)c1. The van der Waals surface area contributed by atoms with Gasteiger partial charge in [-0.1, -0.05) is 41.4 Å². The topological polar surface area (TPSA) is 12.0 Å². The molecular formula is C21H22ClN. The molecule has 2 aromatic rings. The van der Waals surface area contributed by atoms with Crippen LogP contribution in [-0.4, -0.2) is 0 Å². The standard InChI is InChI=1S/C21H22ClN/c1-12-9-13(2)20(14(3)10-12)21-17-6-4-5-16(17)18-11-15(22)7-8-19(18)23-21/h4-5,7-11,16-17,21,23H,6H2,1-3H3. The van der Waals surface area contributed by atoms with Gasteiger partial charge in [0, 0.05) is 16.6 Å². The summed E-state index contributed by atoms with van der Waals surface area (Å²) in [4.78, 5) is 0. The van der Waals surface area contributed by atoms with Crippen LogP contribution < -0.4 is 5.32 Å². The first-order valence-corrected chi connectivity index (χ1v) is 8.73. The molecule has 1 N–H and O–H groups in total. The fraction of sp³-hybridized carbons (Fsp3) is 0.333. The third-order valence-corrected chi connectivity index (χ3v) is 5.61. The van der Waals surface area contributed by atoms with E-state index in [9.17, 15) is 0 Å². The lowest BCUT2D eigenvalue weighted by Gasteiger charge is -2.39. The first-order valence-electron chi connectivity index (χ1n) is 8.35. The molecule has 3 unspecified atom stereocenters. The van der Waals surface area contributed by atoms with Gasteiger partial charge in [0.1, 0.15) is 0 Å². The lowest BCUT2D eigenvalue weighted by Crippen LogP contribution is -2.30. The Bertz CT molecular complexity index is 782. The van der Waals surface area contributed by atoms with Crippen molar-refractivity contribution in [3.63, 3.8) is 0 Å². The van der Waals surface area contributed by atoms with Crippen molar-refractivity contribution in [1.82, 2.24) is 0 Å². The van der Waals surface area contributed by atoms with Gasteiger partial charge in [0.25, 0.3) is 0 Å². The van der Waals surface area contributed by atoms with Crippen molar-refractivity contribution < 1.29 is 0 Å². The molecule has 4 rings (SSSR count). The molecule has 0 saturated carbocycles. The second kappa shape index (κ2) is 5.42. The molecule has 1 nitrogen and oxygen atoms in total. The van der Waals surface area contributed by atoms with Gasteiger partial charge in [-0.2, -0.15) is 0 Å². The Balaban J connectivity index is 1.84. The molecule has 2 aromatic carbocycles. The van der Waals surface area contributed by atoms with Crippen molar-refractivity contribution in [3.8, 4) is 0 Å². The Morgan fingerprint density at radius 1 is 1.04 bits per heavy atom. The highest BCUT2D eigenvalue weighted by Crippen LogP contribution is 2.51. The number of hydrogen-bond donors (Lipinski definition) is 1. The van der Waals surface area contributed by atoms with Crippen molar-refractivity contribution in [1.29, 1.82) is 0 Å². The molecule has 0 spiro atoms. The van der Waals surface area contributed by atoms with Gasteiger partial charge in [-0.25, -0.2) is 0 Å². The van der Waals surface area contributed by atoms with E-state index in [1.54, 1.807) is 0 Å². The molecule has 0 amide bonds. The summed E-state index contributed by atoms with van der Waals surface area (Å²) in [5, 5.41) is 4.64. The van der Waals surface area contributed by atoms with Gasteiger partial charge in [0.2, 0.25) is 0 Å². The molecule has 23 heavy (non-hydrogen) atoms. The average Bonchev–Trinajstić information content (AvgIpc) is 2.96. The van der Waals surface area contributed by atoms with Crippen LogP contribution >= 0.6 is 11.6 Å². The number of rotatable bonds is 1. The largest absolute Gasteiger partial charge is 0.378 e. The maximum absolute atomic E-state index is 6.24. The number of anilines is 1. The molecule has 2 heteroatoms. The molecule has 0 aromatic heterocycles. The molecule has 0 fully saturated rings. The minimum Gasteiger partial charge on any atom is -0.378 e. The average molecular weight is 324 g/mol. The maximum Gasteiger partial charge on any atom is 0.0559 e. The number of hydrogen-bond acceptors (Lipinski definition) is 1. The number of halogens is 1. The first-order chi connectivity index (χ1) is 11.0. The van der Waals surface area contributed by atoms with Crippen molar-refractivity contribution in [3.05, 3.63) is 75.3 Å². The van der Waals surface area contributed by atoms with E-state index in [4.69, 9.17) is 11.6 Å². The van der Waals surface area contributed by atoms with Crippen LogP contribution in [0, 0.1) is 26.7 Å². The van der Waals surface area contributed by atoms with Gasteiger partial charge in [0.05, 0.1) is 6.04 Å². The first kappa shape index (κ1) is 14.8. The van der Waals surface area contributed by atoms with Crippen molar-refractivity contribution >= 4 is 17.3 Å². The Hall–Kier alpha value is -1.73. The summed E-state index contributed by atoms with van der Waals surface area (Å²) in [6, 6.07) is 11.2. The summed E-state index contributed by atoms with van der Waals surface area (Å²) in [5.41, 5.74) is 8.16. The lowest BCUT2D eigenvalue weighted by molar-refractivity contribution is 0.423. The summed E-state index contributed by atoms with van der Waals surface area (Å²) >= 11 is 6.24. The van der Waals surface area contributed by atoms with E-state index in [0.717, 1.165) is 11.4 Å². The minimum atomic E-state index is 0.365. The summed E-state index contributed by atoms with van der Waals surface area (Å²) < 4.78 is 0. The predicted molar refractivity (Wildman–Crippen MR) is 98.5 cm³/mol. The van der Waals surface area contributed by atoms with Gasteiger partial charge < -0.3 is 5.32 Å². The molecule has 118 valence electrons. The second-order valence-electron chi connectivity index (χ2n) is 7.02. The number of fused-ring (bicyclic) bond motifs is 3. The van der Waals surface area contributed by atoms with E-state index in [1.165, 1.54) is 33.5 Å². The lowest BCUT2D eigenvalue weighted by atomic mass is 9.75. The number of benzene rings is 2. The summed E-state index contributed by atoms with van der Waals surface area (Å²) in [7, 11) is 0. The van der Waals surface area contributed by atoms with Crippen LogP contribution in [0.2, 0.25) is 5.02 Å². The van der Waals surface area contributed by atoms with E-state index in [0.29, 0.717) is 17.9 Å². The molecule has 0 radical (unpaired) electrons. The molecular weight excluding hydrogens is 302 g/mol. The zero-order valence-corrected chi connectivity index (χ0v) is 14.6. The highest BCUT2D eigenvalue weighted by atomic mass is 35.5. The quantitative estimate of drug-likeness (QED) is 0.626. The molecule has 1 heterocycles. The fourth-order valence-electron chi connectivity index (χ4n) is 4.53. The van der Waals surface area contributed by atoms with E-state index < -0.39 is 0 Å². The van der Waals surface area contributed by atoms with Crippen LogP contribution in [0.15, 0.2) is 42.5 Å². The van der Waals surface area contributed by atoms with Crippen LogP contribution in [0.1, 0.15) is 46.2 Å². The Kier molecular flexibility index (Phi) is 3.50. The summed E-state index contributed by atoms with van der Waals surface area (Å²) in [6.07, 6.45) is 5.83. The Morgan fingerprint density at radius 3 is 2.52 bits per heavy atom. The third kappa shape index (κ3) is 2.38. The Morgan fingerprint density at radius 2 is 1.78 bits per heavy atom. The van der Waals surface area contributed by atoms with Crippen molar-refractivity contribution in [2.75, 3.05) is 5.32 Å². The fourth-order valence-corrected chi connectivity index (χ4v) is 4.71. The van der Waals surface area contributed by atoms with Crippen LogP contribution in [0.5, 0.6) is 0 Å². The smallest absolute Gasteiger partial charge is 0.0559 e. The van der Waals surface area contributed by atoms with E-state index in [-0.39, 0.29) is 0 Å². The van der Waals surface area contributed by atoms with Crippen LogP contribution in [-0.2, 0) is 0 Å². The van der Waals surface area contributed by atoms with Gasteiger partial charge in [-0.3, -0.25) is 0 Å². The maximum atomic E-state index is 6.24. The predicted octanol–water partition coefficient (Wildman–Crippen LogP) is 6.09. The van der Waals surface area contributed by atoms with Crippen molar-refractivity contribution in [2.24, 2.45) is 5.92 Å². The summed E-state index contributed by atoms with van der Waals surface area (Å²) in [5.74, 6) is 1.04. The van der Waals surface area contributed by atoms with E-state index in [1.807, 2.05) is 6.07 Å². The zero-order valence-electron chi connectivity index (χ0n) is 13.9. The minimum absolute atomic E-state index is 0.365. The molecule has 0 saturated heterocycles. The van der Waals surface area contributed by atoms with Crippen LogP contribution in [0.3, 0.4) is 0 Å². The van der Waals surface area contributed by atoms with Crippen molar-refractivity contribution in [2.45, 2.75) is 39.2 Å². The van der Waals surface area contributed by atoms with Gasteiger partial charge in [0.15, 0.2) is 0 Å². The summed E-state index contributed by atoms with van der Waals surface area (Å²) in [6.45, 7) is 6.66. The molecule has 3 atom stereocenters. The number of allylic oxidation sites excluding steroid dienone is 2. The number of nitrogens with one attached hydrogen (secondary N) is 1. The molecule has 1 aliphatic carbocycles. The van der Waals surface area contributed by atoms with Crippen LogP contribution in [0.4, 0.5) is 5.69 Å². The normalized spacial score (nSPS) is 25.0. The number of aryl methyl sites for hydroxylation is 3. The molecule has 0 bridgehead atoms. The van der Waals surface area contributed by atoms with E-state index in [2.05, 4.69) is 62.5 Å². The molecule has 1 aliphatic heterocycles. The van der Waals surface area contributed by atoms with Gasteiger partial charge >= 0.3 is 0 Å². The van der Waals surface area contributed by atoms with Crippen LogP contribution in [0.25, 0.3) is 0 Å².